The van der Waals surface area contributed by atoms with Crippen molar-refractivity contribution in [2.24, 2.45) is 0 Å². The Morgan fingerprint density at radius 2 is 2.00 bits per heavy atom. The van der Waals surface area contributed by atoms with Crippen LogP contribution in [-0.4, -0.2) is 15.1 Å². The molecule has 0 radical (unpaired) electrons. The fourth-order valence-electron chi connectivity index (χ4n) is 1.39. The molecule has 2 N–H and O–H groups in total. The number of nitrogens with one attached hydrogen (secondary N) is 1. The molecule has 0 saturated carbocycles. The van der Waals surface area contributed by atoms with Crippen LogP contribution in [0.25, 0.3) is 0 Å². The minimum absolute atomic E-state index is 0.0329. The van der Waals surface area contributed by atoms with E-state index in [-0.39, 0.29) is 6.61 Å². The normalized spacial score (nSPS) is 10.4. The highest BCUT2D eigenvalue weighted by Crippen LogP contribution is 2.06. The SMILES string of the molecule is OCc1ncc(Cc2ccccc2)[nH]1. The van der Waals surface area contributed by atoms with Crippen molar-refractivity contribution >= 4 is 0 Å². The molecule has 0 unspecified atom stereocenters. The molecule has 1 aromatic carbocycles. The van der Waals surface area contributed by atoms with Crippen LogP contribution in [0, 0.1) is 0 Å². The van der Waals surface area contributed by atoms with Crippen LogP contribution in [0.2, 0.25) is 0 Å². The fourth-order valence-corrected chi connectivity index (χ4v) is 1.39. The van der Waals surface area contributed by atoms with Crippen molar-refractivity contribution in [3.63, 3.8) is 0 Å². The van der Waals surface area contributed by atoms with E-state index in [2.05, 4.69) is 22.1 Å². The minimum atomic E-state index is -0.0329. The molecule has 2 aromatic rings. The zero-order chi connectivity index (χ0) is 9.80. The predicted molar refractivity (Wildman–Crippen MR) is 53.8 cm³/mol. The Morgan fingerprint density at radius 3 is 2.64 bits per heavy atom. The molecular weight excluding hydrogens is 176 g/mol. The summed E-state index contributed by atoms with van der Waals surface area (Å²) in [5.41, 5.74) is 2.26. The first-order valence-electron chi connectivity index (χ1n) is 4.56. The Labute approximate surface area is 82.4 Å². The molecule has 0 amide bonds. The van der Waals surface area contributed by atoms with Crippen molar-refractivity contribution in [1.82, 2.24) is 9.97 Å². The Bertz CT molecular complexity index is 395. The van der Waals surface area contributed by atoms with Crippen LogP contribution >= 0.6 is 0 Å². The molecule has 14 heavy (non-hydrogen) atoms. The Balaban J connectivity index is 2.11. The fraction of sp³-hybridized carbons (Fsp3) is 0.182. The van der Waals surface area contributed by atoms with Crippen LogP contribution in [0.5, 0.6) is 0 Å². The van der Waals surface area contributed by atoms with Crippen LogP contribution < -0.4 is 0 Å². The molecule has 0 aliphatic rings. The summed E-state index contributed by atoms with van der Waals surface area (Å²) in [7, 11) is 0. The number of nitrogens with zero attached hydrogens (tertiary/aromatic N) is 1. The minimum Gasteiger partial charge on any atom is -0.388 e. The first kappa shape index (κ1) is 8.97. The van der Waals surface area contributed by atoms with E-state index in [1.165, 1.54) is 5.56 Å². The average molecular weight is 188 g/mol. The van der Waals surface area contributed by atoms with Crippen molar-refractivity contribution in [3.05, 3.63) is 53.6 Å². The lowest BCUT2D eigenvalue weighted by molar-refractivity contribution is 0.272. The molecule has 3 heteroatoms. The van der Waals surface area contributed by atoms with Gasteiger partial charge in [-0.1, -0.05) is 30.3 Å². The smallest absolute Gasteiger partial charge is 0.132 e. The average Bonchev–Trinajstić information content (AvgIpc) is 2.67. The van der Waals surface area contributed by atoms with Crippen LogP contribution in [0.3, 0.4) is 0 Å². The van der Waals surface area contributed by atoms with Crippen LogP contribution in [-0.2, 0) is 13.0 Å². The molecule has 1 aromatic heterocycles. The van der Waals surface area contributed by atoms with Gasteiger partial charge >= 0.3 is 0 Å². The first-order chi connectivity index (χ1) is 6.88. The van der Waals surface area contributed by atoms with Gasteiger partial charge in [-0.2, -0.15) is 0 Å². The number of benzene rings is 1. The number of aromatic nitrogens is 2. The number of aromatic amines is 1. The summed E-state index contributed by atoms with van der Waals surface area (Å²) >= 11 is 0. The molecule has 1 heterocycles. The third kappa shape index (κ3) is 2.00. The number of aliphatic hydroxyl groups excluding tert-OH is 1. The van der Waals surface area contributed by atoms with E-state index < -0.39 is 0 Å². The van der Waals surface area contributed by atoms with Crippen molar-refractivity contribution in [3.8, 4) is 0 Å². The quantitative estimate of drug-likeness (QED) is 0.766. The maximum Gasteiger partial charge on any atom is 0.132 e. The number of hydrogen-bond donors (Lipinski definition) is 2. The molecule has 2 rings (SSSR count). The van der Waals surface area contributed by atoms with E-state index in [1.54, 1.807) is 6.20 Å². The highest BCUT2D eigenvalue weighted by atomic mass is 16.3. The number of rotatable bonds is 3. The number of aliphatic hydroxyl groups is 1. The molecule has 3 nitrogen and oxygen atoms in total. The molecule has 0 spiro atoms. The summed E-state index contributed by atoms with van der Waals surface area (Å²) in [5.74, 6) is 0.621. The number of H-pyrrole nitrogens is 1. The van der Waals surface area contributed by atoms with E-state index >= 15 is 0 Å². The first-order valence-corrected chi connectivity index (χ1v) is 4.56. The maximum absolute atomic E-state index is 8.82. The van der Waals surface area contributed by atoms with Gasteiger partial charge in [-0.25, -0.2) is 4.98 Å². The second kappa shape index (κ2) is 4.07. The molecule has 0 aliphatic carbocycles. The summed E-state index contributed by atoms with van der Waals surface area (Å²) in [6.45, 7) is -0.0329. The van der Waals surface area contributed by atoms with Crippen molar-refractivity contribution < 1.29 is 5.11 Å². The molecule has 0 atom stereocenters. The largest absolute Gasteiger partial charge is 0.388 e. The summed E-state index contributed by atoms with van der Waals surface area (Å²) in [6.07, 6.45) is 2.59. The van der Waals surface area contributed by atoms with Crippen LogP contribution in [0.15, 0.2) is 36.5 Å². The lowest BCUT2D eigenvalue weighted by Gasteiger charge is -1.96. The predicted octanol–water partition coefficient (Wildman–Crippen LogP) is 1.49. The molecular formula is C11H12N2O. The van der Waals surface area contributed by atoms with Gasteiger partial charge in [0, 0.05) is 18.3 Å². The van der Waals surface area contributed by atoms with Crippen molar-refractivity contribution in [2.45, 2.75) is 13.0 Å². The number of imidazole rings is 1. The Kier molecular flexibility index (Phi) is 2.60. The number of hydrogen-bond acceptors (Lipinski definition) is 2. The molecule has 0 bridgehead atoms. The van der Waals surface area contributed by atoms with Gasteiger partial charge in [0.15, 0.2) is 0 Å². The Morgan fingerprint density at radius 1 is 1.21 bits per heavy atom. The molecule has 0 fully saturated rings. The van der Waals surface area contributed by atoms with Crippen LogP contribution in [0.4, 0.5) is 0 Å². The van der Waals surface area contributed by atoms with E-state index in [4.69, 9.17) is 5.11 Å². The van der Waals surface area contributed by atoms with E-state index in [1.807, 2.05) is 18.2 Å². The summed E-state index contributed by atoms with van der Waals surface area (Å²) in [5, 5.41) is 8.82. The van der Waals surface area contributed by atoms with E-state index in [9.17, 15) is 0 Å². The van der Waals surface area contributed by atoms with Gasteiger partial charge in [-0.15, -0.1) is 0 Å². The van der Waals surface area contributed by atoms with Crippen molar-refractivity contribution in [2.75, 3.05) is 0 Å². The zero-order valence-electron chi connectivity index (χ0n) is 7.77. The third-order valence-corrected chi connectivity index (χ3v) is 2.07. The zero-order valence-corrected chi connectivity index (χ0v) is 7.77. The third-order valence-electron chi connectivity index (χ3n) is 2.07. The van der Waals surface area contributed by atoms with Gasteiger partial charge in [0.25, 0.3) is 0 Å². The Hall–Kier alpha value is -1.61. The second-order valence-corrected chi connectivity index (χ2v) is 3.18. The van der Waals surface area contributed by atoms with Gasteiger partial charge < -0.3 is 10.1 Å². The summed E-state index contributed by atoms with van der Waals surface area (Å²) in [4.78, 5) is 7.08. The van der Waals surface area contributed by atoms with Gasteiger partial charge in [0.2, 0.25) is 0 Å². The van der Waals surface area contributed by atoms with Crippen molar-refractivity contribution in [1.29, 1.82) is 0 Å². The molecule has 0 aliphatic heterocycles. The van der Waals surface area contributed by atoms with Gasteiger partial charge in [0.1, 0.15) is 12.4 Å². The summed E-state index contributed by atoms with van der Waals surface area (Å²) in [6, 6.07) is 10.2. The van der Waals surface area contributed by atoms with Gasteiger partial charge in [0.05, 0.1) is 0 Å². The maximum atomic E-state index is 8.82. The molecule has 0 saturated heterocycles. The van der Waals surface area contributed by atoms with E-state index in [0.717, 1.165) is 12.1 Å². The van der Waals surface area contributed by atoms with Crippen LogP contribution in [0.1, 0.15) is 17.1 Å². The van der Waals surface area contributed by atoms with Gasteiger partial charge in [-0.3, -0.25) is 0 Å². The highest BCUT2D eigenvalue weighted by molar-refractivity contribution is 5.20. The second-order valence-electron chi connectivity index (χ2n) is 3.18. The van der Waals surface area contributed by atoms with E-state index in [0.29, 0.717) is 5.82 Å². The molecule has 72 valence electrons. The monoisotopic (exact) mass is 188 g/mol. The lowest BCUT2D eigenvalue weighted by atomic mass is 10.1. The lowest BCUT2D eigenvalue weighted by Crippen LogP contribution is -1.89. The highest BCUT2D eigenvalue weighted by Gasteiger charge is 1.99. The summed E-state index contributed by atoms with van der Waals surface area (Å²) < 4.78 is 0. The van der Waals surface area contributed by atoms with Gasteiger partial charge in [-0.05, 0) is 5.56 Å². The topological polar surface area (TPSA) is 48.9 Å². The standard InChI is InChI=1S/C11H12N2O/c14-8-11-12-7-10(13-11)6-9-4-2-1-3-5-9/h1-5,7,14H,6,8H2,(H,12,13).